The summed E-state index contributed by atoms with van der Waals surface area (Å²) in [7, 11) is 1.67. The first-order valence-corrected chi connectivity index (χ1v) is 6.96. The van der Waals surface area contributed by atoms with Crippen LogP contribution in [0.15, 0.2) is 0 Å². The Morgan fingerprint density at radius 1 is 0.950 bits per heavy atom. The smallest absolute Gasteiger partial charge is 0.305 e. The lowest BCUT2D eigenvalue weighted by Crippen LogP contribution is -2.36. The summed E-state index contributed by atoms with van der Waals surface area (Å²) in [5.41, 5.74) is 0. The highest BCUT2D eigenvalue weighted by Gasteiger charge is 2.20. The number of carbonyl (C=O) groups excluding carboxylic acids is 3. The zero-order valence-electron chi connectivity index (χ0n) is 12.8. The lowest BCUT2D eigenvalue weighted by atomic mass is 10.0. The van der Waals surface area contributed by atoms with Gasteiger partial charge in [-0.2, -0.15) is 0 Å². The Morgan fingerprint density at radius 2 is 1.35 bits per heavy atom. The quantitative estimate of drug-likeness (QED) is 0.601. The summed E-state index contributed by atoms with van der Waals surface area (Å²) >= 11 is 0. The minimum Gasteiger partial charge on any atom is -0.466 e. The Morgan fingerprint density at radius 3 is 1.65 bits per heavy atom. The zero-order chi connectivity index (χ0) is 15.5. The van der Waals surface area contributed by atoms with Crippen LogP contribution in [-0.4, -0.2) is 49.0 Å². The first-order chi connectivity index (χ1) is 9.42. The summed E-state index contributed by atoms with van der Waals surface area (Å²) in [5.74, 6) is -0.668. The molecule has 6 nitrogen and oxygen atoms in total. The summed E-state index contributed by atoms with van der Waals surface area (Å²) in [6.07, 6.45) is 1.43. The van der Waals surface area contributed by atoms with Crippen LogP contribution in [0.1, 0.15) is 46.5 Å². The van der Waals surface area contributed by atoms with Crippen molar-refractivity contribution in [2.45, 2.75) is 52.5 Å². The number of nitrogens with zero attached hydrogens (tertiary/aromatic N) is 1. The fraction of sp³-hybridized carbons (Fsp3) is 0.786. The molecule has 116 valence electrons. The van der Waals surface area contributed by atoms with Gasteiger partial charge in [0.25, 0.3) is 0 Å². The summed E-state index contributed by atoms with van der Waals surface area (Å²) in [6, 6.07) is -0.165. The van der Waals surface area contributed by atoms with Crippen LogP contribution in [0.5, 0.6) is 0 Å². The Balaban J connectivity index is 4.38. The Bertz CT molecular complexity index is 308. The molecule has 0 rings (SSSR count). The first-order valence-electron chi connectivity index (χ1n) is 6.96. The van der Waals surface area contributed by atoms with Crippen LogP contribution in [0.4, 0.5) is 0 Å². The molecule has 0 unspecified atom stereocenters. The lowest BCUT2D eigenvalue weighted by molar-refractivity contribution is -0.144. The van der Waals surface area contributed by atoms with Gasteiger partial charge < -0.3 is 14.4 Å². The van der Waals surface area contributed by atoms with E-state index in [1.165, 1.54) is 6.92 Å². The molecule has 20 heavy (non-hydrogen) atoms. The van der Waals surface area contributed by atoms with Crippen LogP contribution < -0.4 is 0 Å². The minimum absolute atomic E-state index is 0.0947. The molecule has 0 saturated carbocycles. The summed E-state index contributed by atoms with van der Waals surface area (Å²) in [6.45, 7) is 5.64. The molecule has 1 amide bonds. The molecule has 0 fully saturated rings. The molecule has 0 saturated heterocycles. The monoisotopic (exact) mass is 287 g/mol. The molecule has 0 spiro atoms. The molecule has 6 heteroatoms. The highest BCUT2D eigenvalue weighted by atomic mass is 16.5. The molecule has 0 heterocycles. The second kappa shape index (κ2) is 10.2. The van der Waals surface area contributed by atoms with Crippen LogP contribution >= 0.6 is 0 Å². The molecule has 0 atom stereocenters. The molecule has 0 aliphatic rings. The number of hydrogen-bond acceptors (Lipinski definition) is 5. The number of rotatable bonds is 9. The van der Waals surface area contributed by atoms with Gasteiger partial charge in [-0.1, -0.05) is 0 Å². The maximum absolute atomic E-state index is 11.4. The predicted molar refractivity (Wildman–Crippen MR) is 74.0 cm³/mol. The van der Waals surface area contributed by atoms with Crippen molar-refractivity contribution in [1.82, 2.24) is 4.90 Å². The number of ether oxygens (including phenoxy) is 2. The van der Waals surface area contributed by atoms with E-state index in [9.17, 15) is 14.4 Å². The molecule has 0 bridgehead atoms. The van der Waals surface area contributed by atoms with Crippen molar-refractivity contribution >= 4 is 17.8 Å². The largest absolute Gasteiger partial charge is 0.466 e. The molecular formula is C14H25NO5. The van der Waals surface area contributed by atoms with Gasteiger partial charge in [-0.05, 0) is 26.7 Å². The van der Waals surface area contributed by atoms with E-state index in [1.54, 1.807) is 25.8 Å². The zero-order valence-corrected chi connectivity index (χ0v) is 12.8. The maximum atomic E-state index is 11.4. The summed E-state index contributed by atoms with van der Waals surface area (Å²) < 4.78 is 9.73. The van der Waals surface area contributed by atoms with Crippen LogP contribution in [0.25, 0.3) is 0 Å². The molecule has 0 aromatic heterocycles. The number of carbonyl (C=O) groups is 3. The topological polar surface area (TPSA) is 72.9 Å². The highest BCUT2D eigenvalue weighted by Crippen LogP contribution is 2.13. The van der Waals surface area contributed by atoms with E-state index in [0.29, 0.717) is 26.1 Å². The number of esters is 2. The van der Waals surface area contributed by atoms with E-state index in [2.05, 4.69) is 0 Å². The van der Waals surface area contributed by atoms with Crippen molar-refractivity contribution < 1.29 is 23.9 Å². The first kappa shape index (κ1) is 18.4. The van der Waals surface area contributed by atoms with Crippen LogP contribution in [0.2, 0.25) is 0 Å². The van der Waals surface area contributed by atoms with E-state index in [1.807, 2.05) is 0 Å². The van der Waals surface area contributed by atoms with Crippen molar-refractivity contribution in [1.29, 1.82) is 0 Å². The van der Waals surface area contributed by atoms with E-state index in [0.717, 1.165) is 0 Å². The van der Waals surface area contributed by atoms with Crippen molar-refractivity contribution in [2.24, 2.45) is 0 Å². The van der Waals surface area contributed by atoms with Gasteiger partial charge in [-0.25, -0.2) is 0 Å². The van der Waals surface area contributed by atoms with Gasteiger partial charge in [0.1, 0.15) is 0 Å². The van der Waals surface area contributed by atoms with Crippen LogP contribution in [-0.2, 0) is 23.9 Å². The SMILES string of the molecule is CCOC(=O)CCC(CCC(=O)OCC)N(C)C(C)=O. The number of amides is 1. The van der Waals surface area contributed by atoms with Crippen molar-refractivity contribution in [3.63, 3.8) is 0 Å². The fourth-order valence-corrected chi connectivity index (χ4v) is 1.82. The maximum Gasteiger partial charge on any atom is 0.305 e. The van der Waals surface area contributed by atoms with E-state index >= 15 is 0 Å². The van der Waals surface area contributed by atoms with E-state index in [-0.39, 0.29) is 36.7 Å². The fourth-order valence-electron chi connectivity index (χ4n) is 1.82. The van der Waals surface area contributed by atoms with Crippen molar-refractivity contribution in [3.8, 4) is 0 Å². The van der Waals surface area contributed by atoms with Crippen molar-refractivity contribution in [2.75, 3.05) is 20.3 Å². The normalized spacial score (nSPS) is 10.2. The third kappa shape index (κ3) is 7.76. The summed E-state index contributed by atoms with van der Waals surface area (Å²) in [4.78, 5) is 35.7. The van der Waals surface area contributed by atoms with Gasteiger partial charge in [0.15, 0.2) is 0 Å². The highest BCUT2D eigenvalue weighted by molar-refractivity contribution is 5.74. The molecule has 0 aromatic carbocycles. The average molecular weight is 287 g/mol. The van der Waals surface area contributed by atoms with E-state index in [4.69, 9.17) is 9.47 Å². The molecule has 0 radical (unpaired) electrons. The molecule has 0 aromatic rings. The average Bonchev–Trinajstić information content (AvgIpc) is 2.38. The third-order valence-electron chi connectivity index (χ3n) is 3.02. The van der Waals surface area contributed by atoms with E-state index < -0.39 is 0 Å². The second-order valence-corrected chi connectivity index (χ2v) is 4.47. The molecular weight excluding hydrogens is 262 g/mol. The molecule has 0 aliphatic carbocycles. The standard InChI is InChI=1S/C14H25NO5/c1-5-19-13(17)9-7-12(15(4)11(3)16)8-10-14(18)20-6-2/h12H,5-10H2,1-4H3. The van der Waals surface area contributed by atoms with Crippen molar-refractivity contribution in [3.05, 3.63) is 0 Å². The molecule has 0 N–H and O–H groups in total. The van der Waals surface area contributed by atoms with Crippen LogP contribution in [0, 0.1) is 0 Å². The molecule has 0 aliphatic heterocycles. The Kier molecular flexibility index (Phi) is 9.41. The third-order valence-corrected chi connectivity index (χ3v) is 3.02. The van der Waals surface area contributed by atoms with Gasteiger partial charge in [0, 0.05) is 32.9 Å². The Hall–Kier alpha value is -1.59. The summed E-state index contributed by atoms with van der Waals surface area (Å²) in [5, 5.41) is 0. The van der Waals surface area contributed by atoms with Gasteiger partial charge >= 0.3 is 11.9 Å². The lowest BCUT2D eigenvalue weighted by Gasteiger charge is -2.26. The van der Waals surface area contributed by atoms with Crippen LogP contribution in [0.3, 0.4) is 0 Å². The van der Waals surface area contributed by atoms with Gasteiger partial charge in [0.2, 0.25) is 5.91 Å². The predicted octanol–water partition coefficient (Wildman–Crippen LogP) is 1.52. The Labute approximate surface area is 120 Å². The number of hydrogen-bond donors (Lipinski definition) is 0. The van der Waals surface area contributed by atoms with Gasteiger partial charge in [0.05, 0.1) is 13.2 Å². The second-order valence-electron chi connectivity index (χ2n) is 4.47. The van der Waals surface area contributed by atoms with Gasteiger partial charge in [-0.3, -0.25) is 14.4 Å². The van der Waals surface area contributed by atoms with Gasteiger partial charge in [-0.15, -0.1) is 0 Å². The minimum atomic E-state index is -0.286.